The Bertz CT molecular complexity index is 377. The number of rotatable bonds is 2. The normalized spacial score (nSPS) is 9.73. The van der Waals surface area contributed by atoms with Gasteiger partial charge in [-0.2, -0.15) is 0 Å². The Balaban J connectivity index is 3.35. The van der Waals surface area contributed by atoms with E-state index >= 15 is 0 Å². The molecular weight excluding hydrogens is 220 g/mol. The van der Waals surface area contributed by atoms with Gasteiger partial charge in [-0.3, -0.25) is 0 Å². The average molecular weight is 230 g/mol. The molecule has 0 radical (unpaired) electrons. The van der Waals surface area contributed by atoms with Crippen LogP contribution in [0.4, 0.5) is 10.0 Å². The van der Waals surface area contributed by atoms with Gasteiger partial charge >= 0.3 is 11.9 Å². The molecular formula is C8H10N2O4S. The lowest BCUT2D eigenvalue weighted by molar-refractivity contribution is 0.0558. The second kappa shape index (κ2) is 4.18. The van der Waals surface area contributed by atoms with Gasteiger partial charge in [-0.1, -0.05) is 11.3 Å². The van der Waals surface area contributed by atoms with Crippen molar-refractivity contribution in [2.24, 2.45) is 0 Å². The Labute approximate surface area is 89.8 Å². The third kappa shape index (κ3) is 1.86. The summed E-state index contributed by atoms with van der Waals surface area (Å²) in [4.78, 5) is 22.7. The zero-order valence-corrected chi connectivity index (χ0v) is 9.01. The van der Waals surface area contributed by atoms with Gasteiger partial charge in [0.05, 0.1) is 14.2 Å². The van der Waals surface area contributed by atoms with E-state index < -0.39 is 11.9 Å². The Morgan fingerprint density at radius 2 is 1.33 bits per heavy atom. The number of carbonyl (C=O) groups excluding carboxylic acids is 2. The van der Waals surface area contributed by atoms with Crippen LogP contribution in [0.5, 0.6) is 0 Å². The fraction of sp³-hybridized carbons (Fsp3) is 0.250. The molecule has 0 saturated carbocycles. The van der Waals surface area contributed by atoms with E-state index in [2.05, 4.69) is 9.47 Å². The molecule has 0 unspecified atom stereocenters. The molecule has 4 N–H and O–H groups in total. The highest BCUT2D eigenvalue weighted by atomic mass is 32.1. The maximum absolute atomic E-state index is 11.3. The summed E-state index contributed by atoms with van der Waals surface area (Å²) in [6, 6.07) is 0. The van der Waals surface area contributed by atoms with Crippen molar-refractivity contribution in [3.8, 4) is 0 Å². The molecule has 1 heterocycles. The van der Waals surface area contributed by atoms with Crippen LogP contribution in [0.1, 0.15) is 20.7 Å². The van der Waals surface area contributed by atoms with E-state index in [1.165, 1.54) is 14.2 Å². The molecule has 0 spiro atoms. The molecule has 7 heteroatoms. The molecule has 0 amide bonds. The van der Waals surface area contributed by atoms with Crippen molar-refractivity contribution >= 4 is 33.3 Å². The first kappa shape index (κ1) is 11.3. The molecule has 0 aromatic carbocycles. The van der Waals surface area contributed by atoms with Crippen molar-refractivity contribution in [2.45, 2.75) is 0 Å². The second-order valence-corrected chi connectivity index (χ2v) is 3.65. The summed E-state index contributed by atoms with van der Waals surface area (Å²) in [5.74, 6) is -1.42. The summed E-state index contributed by atoms with van der Waals surface area (Å²) in [6.07, 6.45) is 0. The van der Waals surface area contributed by atoms with Crippen LogP contribution in [0.25, 0.3) is 0 Å². The van der Waals surface area contributed by atoms with Gasteiger partial charge in [-0.05, 0) is 0 Å². The first-order valence-electron chi connectivity index (χ1n) is 3.87. The Kier molecular flexibility index (Phi) is 3.15. The third-order valence-corrected chi connectivity index (χ3v) is 2.59. The van der Waals surface area contributed by atoms with Crippen molar-refractivity contribution in [2.75, 3.05) is 25.7 Å². The SMILES string of the molecule is COC(=O)c1c(N)sc(N)c1C(=O)OC. The van der Waals surface area contributed by atoms with Crippen molar-refractivity contribution in [1.82, 2.24) is 0 Å². The number of hydrogen-bond acceptors (Lipinski definition) is 7. The minimum absolute atomic E-state index is 0.0353. The number of esters is 2. The number of nitrogen functional groups attached to an aromatic ring is 2. The number of ether oxygens (including phenoxy) is 2. The molecule has 0 aliphatic carbocycles. The predicted octanol–water partition coefficient (Wildman–Crippen LogP) is 0.486. The van der Waals surface area contributed by atoms with Crippen LogP contribution in [0.2, 0.25) is 0 Å². The summed E-state index contributed by atoms with van der Waals surface area (Å²) >= 11 is 0.937. The Morgan fingerprint density at radius 3 is 1.60 bits per heavy atom. The summed E-state index contributed by atoms with van der Waals surface area (Å²) in [7, 11) is 2.38. The number of nitrogens with two attached hydrogens (primary N) is 2. The highest BCUT2D eigenvalue weighted by molar-refractivity contribution is 7.20. The molecule has 0 atom stereocenters. The minimum atomic E-state index is -0.708. The third-order valence-electron chi connectivity index (χ3n) is 1.74. The molecule has 1 aromatic heterocycles. The highest BCUT2D eigenvalue weighted by Crippen LogP contribution is 2.34. The van der Waals surface area contributed by atoms with Gasteiger partial charge in [0.1, 0.15) is 21.1 Å². The van der Waals surface area contributed by atoms with Crippen LogP contribution >= 0.6 is 11.3 Å². The zero-order chi connectivity index (χ0) is 11.6. The molecule has 0 saturated heterocycles. The van der Waals surface area contributed by atoms with E-state index in [9.17, 15) is 9.59 Å². The number of hydrogen-bond donors (Lipinski definition) is 2. The molecule has 0 bridgehead atoms. The lowest BCUT2D eigenvalue weighted by Crippen LogP contribution is -2.12. The monoisotopic (exact) mass is 230 g/mol. The van der Waals surface area contributed by atoms with Gasteiger partial charge in [0.25, 0.3) is 0 Å². The Morgan fingerprint density at radius 1 is 1.00 bits per heavy atom. The number of carbonyl (C=O) groups is 2. The smallest absolute Gasteiger partial charge is 0.341 e. The lowest BCUT2D eigenvalue weighted by atomic mass is 10.2. The van der Waals surface area contributed by atoms with Gasteiger partial charge in [0.15, 0.2) is 0 Å². The summed E-state index contributed by atoms with van der Waals surface area (Å²) in [5.41, 5.74) is 11.0. The maximum Gasteiger partial charge on any atom is 0.341 e. The van der Waals surface area contributed by atoms with Gasteiger partial charge in [-0.25, -0.2) is 9.59 Å². The van der Waals surface area contributed by atoms with Crippen LogP contribution in [0.3, 0.4) is 0 Å². The number of methoxy groups -OCH3 is 2. The van der Waals surface area contributed by atoms with E-state index in [0.717, 1.165) is 11.3 Å². The first-order chi connectivity index (χ1) is 7.02. The van der Waals surface area contributed by atoms with Crippen LogP contribution in [0.15, 0.2) is 0 Å². The van der Waals surface area contributed by atoms with Crippen LogP contribution in [0, 0.1) is 0 Å². The summed E-state index contributed by atoms with van der Waals surface area (Å²) in [6.45, 7) is 0. The van der Waals surface area contributed by atoms with Crippen molar-refractivity contribution in [3.63, 3.8) is 0 Å². The van der Waals surface area contributed by atoms with Gasteiger partial charge in [-0.15, -0.1) is 0 Å². The topological polar surface area (TPSA) is 105 Å². The zero-order valence-electron chi connectivity index (χ0n) is 8.20. The van der Waals surface area contributed by atoms with Crippen molar-refractivity contribution < 1.29 is 19.1 Å². The predicted molar refractivity (Wildman–Crippen MR) is 55.8 cm³/mol. The van der Waals surface area contributed by atoms with Crippen molar-refractivity contribution in [3.05, 3.63) is 11.1 Å². The fourth-order valence-electron chi connectivity index (χ4n) is 1.08. The summed E-state index contributed by atoms with van der Waals surface area (Å²) < 4.78 is 8.98. The molecule has 1 aromatic rings. The van der Waals surface area contributed by atoms with E-state index in [1.54, 1.807) is 0 Å². The maximum atomic E-state index is 11.3. The molecule has 0 aliphatic heterocycles. The quantitative estimate of drug-likeness (QED) is 0.716. The number of anilines is 2. The van der Waals surface area contributed by atoms with Gasteiger partial charge < -0.3 is 20.9 Å². The van der Waals surface area contributed by atoms with E-state index in [4.69, 9.17) is 11.5 Å². The second-order valence-electron chi connectivity index (χ2n) is 2.56. The standard InChI is InChI=1S/C8H10N2O4S/c1-13-7(11)3-4(8(12)14-2)6(10)15-5(3)9/h9-10H2,1-2H3. The van der Waals surface area contributed by atoms with E-state index in [0.29, 0.717) is 0 Å². The lowest BCUT2D eigenvalue weighted by Gasteiger charge is -2.02. The molecule has 15 heavy (non-hydrogen) atoms. The average Bonchev–Trinajstić information content (AvgIpc) is 2.51. The molecule has 1 rings (SSSR count). The van der Waals surface area contributed by atoms with Crippen LogP contribution in [-0.2, 0) is 9.47 Å². The summed E-state index contributed by atoms with van der Waals surface area (Å²) in [5, 5.41) is 0.277. The van der Waals surface area contributed by atoms with E-state index in [1.807, 2.05) is 0 Å². The van der Waals surface area contributed by atoms with Gasteiger partial charge in [0.2, 0.25) is 0 Å². The molecule has 0 aliphatic rings. The first-order valence-corrected chi connectivity index (χ1v) is 4.69. The van der Waals surface area contributed by atoms with Crippen molar-refractivity contribution in [1.29, 1.82) is 0 Å². The van der Waals surface area contributed by atoms with Crippen LogP contribution < -0.4 is 11.5 Å². The fourth-order valence-corrected chi connectivity index (χ4v) is 1.89. The van der Waals surface area contributed by atoms with Crippen LogP contribution in [-0.4, -0.2) is 26.2 Å². The van der Waals surface area contributed by atoms with E-state index in [-0.39, 0.29) is 21.1 Å². The molecule has 0 fully saturated rings. The minimum Gasteiger partial charge on any atom is -0.465 e. The molecule has 6 nitrogen and oxygen atoms in total. The largest absolute Gasteiger partial charge is 0.465 e. The Hall–Kier alpha value is -1.76. The highest BCUT2D eigenvalue weighted by Gasteiger charge is 2.27. The number of thiophene rings is 1. The molecule has 82 valence electrons. The van der Waals surface area contributed by atoms with Gasteiger partial charge in [0, 0.05) is 0 Å².